The zero-order valence-electron chi connectivity index (χ0n) is 20.7. The van der Waals surface area contributed by atoms with Crippen LogP contribution in [0.4, 0.5) is 5.69 Å². The Kier molecular flexibility index (Phi) is 7.37. The number of benzene rings is 2. The Labute approximate surface area is 215 Å². The highest BCUT2D eigenvalue weighted by molar-refractivity contribution is 5.97. The summed E-state index contributed by atoms with van der Waals surface area (Å²) in [6.45, 7) is 1.86. The highest BCUT2D eigenvalue weighted by Crippen LogP contribution is 2.36. The van der Waals surface area contributed by atoms with Crippen LogP contribution in [0.3, 0.4) is 0 Å². The Morgan fingerprint density at radius 2 is 1.78 bits per heavy atom. The van der Waals surface area contributed by atoms with E-state index in [1.54, 1.807) is 12.4 Å². The second-order valence-corrected chi connectivity index (χ2v) is 9.24. The minimum atomic E-state index is -0.250. The number of piperidine rings is 1. The zero-order chi connectivity index (χ0) is 25.6. The molecular weight excluding hydrogens is 464 g/mol. The van der Waals surface area contributed by atoms with Crippen molar-refractivity contribution in [3.8, 4) is 11.1 Å². The van der Waals surface area contributed by atoms with Crippen LogP contribution in [0.25, 0.3) is 33.1 Å². The highest BCUT2D eigenvalue weighted by Gasteiger charge is 2.25. The van der Waals surface area contributed by atoms with E-state index in [0.717, 1.165) is 53.8 Å². The number of hydrogen-bond donors (Lipinski definition) is 3. The molecule has 0 bridgehead atoms. The van der Waals surface area contributed by atoms with E-state index in [0.29, 0.717) is 5.92 Å². The molecule has 8 heteroatoms. The molecule has 5 aromatic rings. The fourth-order valence-corrected chi connectivity index (χ4v) is 5.21. The van der Waals surface area contributed by atoms with Crippen molar-refractivity contribution in [3.05, 3.63) is 85.1 Å². The molecular formula is C29H30N6O2. The maximum absolute atomic E-state index is 8.36. The second kappa shape index (κ2) is 11.2. The zero-order valence-corrected chi connectivity index (χ0v) is 20.7. The molecule has 0 spiro atoms. The topological polar surface area (TPSA) is 105 Å². The van der Waals surface area contributed by atoms with Gasteiger partial charge >= 0.3 is 0 Å². The van der Waals surface area contributed by atoms with Gasteiger partial charge in [0, 0.05) is 54.8 Å². The molecule has 37 heavy (non-hydrogen) atoms. The van der Waals surface area contributed by atoms with Crippen molar-refractivity contribution >= 4 is 34.1 Å². The minimum absolute atomic E-state index is 0.211. The van der Waals surface area contributed by atoms with E-state index >= 15 is 0 Å². The first-order valence-electron chi connectivity index (χ1n) is 12.4. The predicted molar refractivity (Wildman–Crippen MR) is 146 cm³/mol. The Bertz CT molecular complexity index is 1490. The smallest absolute Gasteiger partial charge is 0.290 e. The van der Waals surface area contributed by atoms with Crippen molar-refractivity contribution in [2.75, 3.05) is 18.4 Å². The summed E-state index contributed by atoms with van der Waals surface area (Å²) < 4.78 is 2.16. The van der Waals surface area contributed by atoms with Gasteiger partial charge in [-0.1, -0.05) is 12.1 Å². The molecule has 1 unspecified atom stereocenters. The van der Waals surface area contributed by atoms with Crippen LogP contribution in [0.1, 0.15) is 24.4 Å². The number of aromatic nitrogens is 4. The SMILES string of the molecule is Cn1ccc2ccc(-c3cc(NC(c4ccncc4)C4CCNCC4)cc4nccnc34)cc21.O=CO. The van der Waals surface area contributed by atoms with Crippen LogP contribution < -0.4 is 10.6 Å². The molecule has 6 rings (SSSR count). The van der Waals surface area contributed by atoms with Gasteiger partial charge in [0.25, 0.3) is 6.47 Å². The molecule has 1 saturated heterocycles. The normalized spacial score (nSPS) is 14.6. The monoisotopic (exact) mass is 494 g/mol. The fourth-order valence-electron chi connectivity index (χ4n) is 5.21. The summed E-state index contributed by atoms with van der Waals surface area (Å²) in [6.07, 6.45) is 11.7. The van der Waals surface area contributed by atoms with Gasteiger partial charge < -0.3 is 20.3 Å². The van der Waals surface area contributed by atoms with E-state index in [2.05, 4.69) is 86.9 Å². The lowest BCUT2D eigenvalue weighted by molar-refractivity contribution is -0.122. The van der Waals surface area contributed by atoms with Crippen molar-refractivity contribution < 1.29 is 9.90 Å². The average Bonchev–Trinajstić information content (AvgIpc) is 3.32. The van der Waals surface area contributed by atoms with Crippen molar-refractivity contribution in [1.82, 2.24) is 24.8 Å². The Balaban J connectivity index is 0.000000892. The van der Waals surface area contributed by atoms with Crippen LogP contribution in [-0.2, 0) is 11.8 Å². The quantitative estimate of drug-likeness (QED) is 0.294. The average molecular weight is 495 g/mol. The van der Waals surface area contributed by atoms with Gasteiger partial charge in [-0.15, -0.1) is 0 Å². The molecule has 2 aromatic carbocycles. The molecule has 0 saturated carbocycles. The number of carbonyl (C=O) groups is 1. The van der Waals surface area contributed by atoms with E-state index in [-0.39, 0.29) is 12.5 Å². The lowest BCUT2D eigenvalue weighted by atomic mass is 9.86. The number of nitrogens with zero attached hydrogens (tertiary/aromatic N) is 4. The Morgan fingerprint density at radius 3 is 2.57 bits per heavy atom. The number of anilines is 1. The summed E-state index contributed by atoms with van der Waals surface area (Å²) in [5, 5.41) is 15.5. The summed E-state index contributed by atoms with van der Waals surface area (Å²) in [4.78, 5) is 22.0. The molecule has 0 aliphatic carbocycles. The van der Waals surface area contributed by atoms with Crippen molar-refractivity contribution in [2.24, 2.45) is 13.0 Å². The molecule has 188 valence electrons. The van der Waals surface area contributed by atoms with Crippen molar-refractivity contribution in [1.29, 1.82) is 0 Å². The van der Waals surface area contributed by atoms with Crippen LogP contribution in [0, 0.1) is 5.92 Å². The van der Waals surface area contributed by atoms with E-state index in [9.17, 15) is 0 Å². The number of fused-ring (bicyclic) bond motifs is 2. The minimum Gasteiger partial charge on any atom is -0.483 e. The third-order valence-corrected chi connectivity index (χ3v) is 7.02. The summed E-state index contributed by atoms with van der Waals surface area (Å²) >= 11 is 0. The van der Waals surface area contributed by atoms with Gasteiger partial charge in [-0.05, 0) is 84.8 Å². The lowest BCUT2D eigenvalue weighted by Crippen LogP contribution is -2.33. The number of nitrogens with one attached hydrogen (secondary N) is 2. The maximum atomic E-state index is 8.36. The first-order chi connectivity index (χ1) is 18.2. The van der Waals surface area contributed by atoms with E-state index in [1.807, 2.05) is 12.4 Å². The number of aryl methyl sites for hydroxylation is 1. The van der Waals surface area contributed by atoms with Gasteiger partial charge in [0.05, 0.1) is 17.1 Å². The summed E-state index contributed by atoms with van der Waals surface area (Å²) in [5.74, 6) is 0.546. The highest BCUT2D eigenvalue weighted by atomic mass is 16.3. The molecule has 3 N–H and O–H groups in total. The van der Waals surface area contributed by atoms with Gasteiger partial charge in [-0.25, -0.2) is 0 Å². The molecule has 1 aliphatic rings. The third-order valence-electron chi connectivity index (χ3n) is 7.02. The third kappa shape index (κ3) is 5.29. The Hall–Kier alpha value is -4.30. The first kappa shape index (κ1) is 24.4. The van der Waals surface area contributed by atoms with Crippen LogP contribution in [0.15, 0.2) is 79.5 Å². The van der Waals surface area contributed by atoms with Gasteiger partial charge in [0.2, 0.25) is 0 Å². The van der Waals surface area contributed by atoms with Crippen LogP contribution in [0.5, 0.6) is 0 Å². The fraction of sp³-hybridized carbons (Fsp3) is 0.241. The largest absolute Gasteiger partial charge is 0.483 e. The number of pyridine rings is 1. The van der Waals surface area contributed by atoms with Crippen LogP contribution in [-0.4, -0.2) is 44.2 Å². The maximum Gasteiger partial charge on any atom is 0.290 e. The molecule has 4 heterocycles. The number of carboxylic acid groups (broad SMARTS) is 1. The molecule has 8 nitrogen and oxygen atoms in total. The molecule has 1 aliphatic heterocycles. The molecule has 3 aromatic heterocycles. The van der Waals surface area contributed by atoms with E-state index in [4.69, 9.17) is 14.9 Å². The van der Waals surface area contributed by atoms with Crippen LogP contribution >= 0.6 is 0 Å². The number of rotatable bonds is 5. The van der Waals surface area contributed by atoms with Gasteiger partial charge in [-0.3, -0.25) is 19.7 Å². The van der Waals surface area contributed by atoms with Gasteiger partial charge in [0.15, 0.2) is 0 Å². The molecule has 1 atom stereocenters. The van der Waals surface area contributed by atoms with Gasteiger partial charge in [0.1, 0.15) is 0 Å². The van der Waals surface area contributed by atoms with Crippen molar-refractivity contribution in [2.45, 2.75) is 18.9 Å². The first-order valence-corrected chi connectivity index (χ1v) is 12.4. The summed E-state index contributed by atoms with van der Waals surface area (Å²) in [6, 6.07) is 17.6. The summed E-state index contributed by atoms with van der Waals surface area (Å²) in [7, 11) is 2.08. The molecule has 0 amide bonds. The van der Waals surface area contributed by atoms with E-state index < -0.39 is 0 Å². The van der Waals surface area contributed by atoms with E-state index in [1.165, 1.54) is 16.5 Å². The summed E-state index contributed by atoms with van der Waals surface area (Å²) in [5.41, 5.74) is 7.60. The molecule has 0 radical (unpaired) electrons. The van der Waals surface area contributed by atoms with Crippen molar-refractivity contribution in [3.63, 3.8) is 0 Å². The molecule has 1 fully saturated rings. The van der Waals surface area contributed by atoms with Crippen LogP contribution in [0.2, 0.25) is 0 Å². The Morgan fingerprint density at radius 1 is 1.03 bits per heavy atom. The number of hydrogen-bond acceptors (Lipinski definition) is 6. The van der Waals surface area contributed by atoms with Gasteiger partial charge in [-0.2, -0.15) is 0 Å². The lowest BCUT2D eigenvalue weighted by Gasteiger charge is -2.32. The standard InChI is InChI=1S/C28H28N6.CH2O2/c1-34-15-8-19-2-3-22(16-26(19)34)24-17-23(18-25-28(24)32-14-13-31-25)33-27(20-4-9-29-10-5-20)21-6-11-30-12-7-21;2-1-3/h2-5,8-10,13-18,21,27,30,33H,6-7,11-12H2,1H3;1H,(H,2,3). The second-order valence-electron chi connectivity index (χ2n) is 9.24. The predicted octanol–water partition coefficient (Wildman–Crippen LogP) is 5.04.